The van der Waals surface area contributed by atoms with Crippen molar-refractivity contribution in [1.82, 2.24) is 0 Å². The molecule has 0 saturated carbocycles. The summed E-state index contributed by atoms with van der Waals surface area (Å²) in [6.07, 6.45) is 4.96. The number of aryl methyl sites for hydroxylation is 1. The topological polar surface area (TPSA) is 17.1 Å². The average Bonchev–Trinajstić information content (AvgIpc) is 2.20. The Morgan fingerprint density at radius 3 is 2.73 bits per heavy atom. The highest BCUT2D eigenvalue weighted by atomic mass is 35.5. The highest BCUT2D eigenvalue weighted by Crippen LogP contribution is 2.13. The van der Waals surface area contributed by atoms with Crippen LogP contribution in [0.25, 0.3) is 6.08 Å². The van der Waals surface area contributed by atoms with Crippen molar-refractivity contribution in [2.75, 3.05) is 5.88 Å². The zero-order valence-electron chi connectivity index (χ0n) is 9.09. The van der Waals surface area contributed by atoms with Gasteiger partial charge in [-0.05, 0) is 37.5 Å². The molecule has 0 fully saturated rings. The molecular weight excluding hydrogens is 208 g/mol. The molecule has 0 bridgehead atoms. The van der Waals surface area contributed by atoms with E-state index < -0.39 is 0 Å². The van der Waals surface area contributed by atoms with Crippen molar-refractivity contribution >= 4 is 23.5 Å². The Kier molecular flexibility index (Phi) is 4.57. The standard InChI is InChI=1S/C13H15ClO/c1-10-9-13(11(2)15)7-6-12(10)5-3-4-8-14/h3,5-7,9H,4,8H2,1-2H3. The van der Waals surface area contributed by atoms with Gasteiger partial charge in [0.05, 0.1) is 0 Å². The first-order valence-electron chi connectivity index (χ1n) is 4.99. The minimum atomic E-state index is 0.106. The highest BCUT2D eigenvalue weighted by molar-refractivity contribution is 6.17. The zero-order chi connectivity index (χ0) is 11.3. The molecule has 0 aliphatic rings. The number of Topliss-reactive ketones (excluding diaryl/α,β-unsaturated/α-hetero) is 1. The maximum Gasteiger partial charge on any atom is 0.159 e. The lowest BCUT2D eigenvalue weighted by Crippen LogP contribution is -1.93. The molecule has 1 nitrogen and oxygen atoms in total. The zero-order valence-corrected chi connectivity index (χ0v) is 9.84. The number of hydrogen-bond acceptors (Lipinski definition) is 1. The van der Waals surface area contributed by atoms with E-state index in [-0.39, 0.29) is 5.78 Å². The van der Waals surface area contributed by atoms with Crippen molar-refractivity contribution in [1.29, 1.82) is 0 Å². The van der Waals surface area contributed by atoms with E-state index in [1.807, 2.05) is 37.3 Å². The van der Waals surface area contributed by atoms with Crippen LogP contribution in [0.5, 0.6) is 0 Å². The van der Waals surface area contributed by atoms with Crippen LogP contribution in [0.4, 0.5) is 0 Å². The number of carbonyl (C=O) groups is 1. The Labute approximate surface area is 95.8 Å². The average molecular weight is 223 g/mol. The molecule has 0 radical (unpaired) electrons. The SMILES string of the molecule is CC(=O)c1ccc(C=CCCCl)c(C)c1. The molecule has 1 rings (SSSR count). The van der Waals surface area contributed by atoms with Gasteiger partial charge >= 0.3 is 0 Å². The van der Waals surface area contributed by atoms with Crippen molar-refractivity contribution < 1.29 is 4.79 Å². The van der Waals surface area contributed by atoms with Crippen LogP contribution in [0, 0.1) is 6.92 Å². The van der Waals surface area contributed by atoms with Crippen LogP contribution in [0.15, 0.2) is 24.3 Å². The number of halogens is 1. The molecule has 0 saturated heterocycles. The molecular formula is C13H15ClO. The summed E-state index contributed by atoms with van der Waals surface area (Å²) in [5, 5.41) is 0. The lowest BCUT2D eigenvalue weighted by atomic mass is 10.0. The molecule has 0 aliphatic heterocycles. The first-order chi connectivity index (χ1) is 7.15. The Morgan fingerprint density at radius 2 is 2.20 bits per heavy atom. The van der Waals surface area contributed by atoms with Crippen LogP contribution in [0.2, 0.25) is 0 Å². The fourth-order valence-corrected chi connectivity index (χ4v) is 1.48. The lowest BCUT2D eigenvalue weighted by Gasteiger charge is -2.02. The maximum atomic E-state index is 11.1. The van der Waals surface area contributed by atoms with Crippen LogP contribution in [0.1, 0.15) is 34.8 Å². The monoisotopic (exact) mass is 222 g/mol. The number of allylic oxidation sites excluding steroid dienone is 1. The second-order valence-corrected chi connectivity index (χ2v) is 3.89. The number of hydrogen-bond donors (Lipinski definition) is 0. The predicted octanol–water partition coefficient (Wildman–Crippen LogP) is 3.84. The molecule has 0 aliphatic carbocycles. The first-order valence-corrected chi connectivity index (χ1v) is 5.52. The van der Waals surface area contributed by atoms with Crippen molar-refractivity contribution in [3.8, 4) is 0 Å². The summed E-state index contributed by atoms with van der Waals surface area (Å²) < 4.78 is 0. The Balaban J connectivity index is 2.88. The molecule has 1 aromatic carbocycles. The third kappa shape index (κ3) is 3.52. The second kappa shape index (κ2) is 5.72. The number of carbonyl (C=O) groups excluding carboxylic acids is 1. The van der Waals surface area contributed by atoms with Gasteiger partial charge in [-0.1, -0.05) is 24.3 Å². The van der Waals surface area contributed by atoms with Gasteiger partial charge in [-0.3, -0.25) is 4.79 Å². The molecule has 0 atom stereocenters. The molecule has 0 amide bonds. The summed E-state index contributed by atoms with van der Waals surface area (Å²) in [5.41, 5.74) is 3.03. The Hall–Kier alpha value is -1.08. The normalized spacial score (nSPS) is 10.9. The highest BCUT2D eigenvalue weighted by Gasteiger charge is 2.00. The van der Waals surface area contributed by atoms with Gasteiger partial charge in [0.25, 0.3) is 0 Å². The summed E-state index contributed by atoms with van der Waals surface area (Å²) in [4.78, 5) is 11.1. The fraction of sp³-hybridized carbons (Fsp3) is 0.308. The maximum absolute atomic E-state index is 11.1. The number of ketones is 1. The Morgan fingerprint density at radius 1 is 1.47 bits per heavy atom. The van der Waals surface area contributed by atoms with E-state index in [9.17, 15) is 4.79 Å². The van der Waals surface area contributed by atoms with Crippen LogP contribution in [0.3, 0.4) is 0 Å². The van der Waals surface area contributed by atoms with Crippen molar-refractivity contribution in [3.63, 3.8) is 0 Å². The van der Waals surface area contributed by atoms with Gasteiger partial charge in [0, 0.05) is 11.4 Å². The summed E-state index contributed by atoms with van der Waals surface area (Å²) in [5.74, 6) is 0.746. The summed E-state index contributed by atoms with van der Waals surface area (Å²) in [7, 11) is 0. The predicted molar refractivity (Wildman–Crippen MR) is 65.6 cm³/mol. The molecule has 1 aromatic rings. The van der Waals surface area contributed by atoms with E-state index in [4.69, 9.17) is 11.6 Å². The molecule has 15 heavy (non-hydrogen) atoms. The van der Waals surface area contributed by atoms with Gasteiger partial charge in [-0.25, -0.2) is 0 Å². The Bertz CT molecular complexity index is 380. The fourth-order valence-electron chi connectivity index (χ4n) is 1.35. The molecule has 0 spiro atoms. The van der Waals surface area contributed by atoms with Crippen LogP contribution in [-0.2, 0) is 0 Å². The molecule has 80 valence electrons. The molecule has 2 heteroatoms. The number of rotatable bonds is 4. The van der Waals surface area contributed by atoms with Crippen molar-refractivity contribution in [3.05, 3.63) is 41.0 Å². The van der Waals surface area contributed by atoms with E-state index >= 15 is 0 Å². The second-order valence-electron chi connectivity index (χ2n) is 3.51. The van der Waals surface area contributed by atoms with E-state index in [2.05, 4.69) is 0 Å². The van der Waals surface area contributed by atoms with E-state index in [0.717, 1.165) is 23.1 Å². The third-order valence-electron chi connectivity index (χ3n) is 2.25. The summed E-state index contributed by atoms with van der Waals surface area (Å²) in [6, 6.07) is 5.75. The minimum absolute atomic E-state index is 0.106. The van der Waals surface area contributed by atoms with Crippen LogP contribution in [-0.4, -0.2) is 11.7 Å². The van der Waals surface area contributed by atoms with Crippen molar-refractivity contribution in [2.24, 2.45) is 0 Å². The quantitative estimate of drug-likeness (QED) is 0.559. The van der Waals surface area contributed by atoms with Gasteiger partial charge < -0.3 is 0 Å². The van der Waals surface area contributed by atoms with Crippen LogP contribution >= 0.6 is 11.6 Å². The molecule has 0 N–H and O–H groups in total. The van der Waals surface area contributed by atoms with E-state index in [1.165, 1.54) is 0 Å². The lowest BCUT2D eigenvalue weighted by molar-refractivity contribution is 0.101. The smallest absolute Gasteiger partial charge is 0.159 e. The summed E-state index contributed by atoms with van der Waals surface area (Å²) in [6.45, 7) is 3.59. The van der Waals surface area contributed by atoms with Crippen LogP contribution < -0.4 is 0 Å². The largest absolute Gasteiger partial charge is 0.295 e. The van der Waals surface area contributed by atoms with Gasteiger partial charge in [0.2, 0.25) is 0 Å². The van der Waals surface area contributed by atoms with Gasteiger partial charge in [-0.15, -0.1) is 11.6 Å². The first kappa shape index (κ1) is 12.0. The van der Waals surface area contributed by atoms with E-state index in [0.29, 0.717) is 5.88 Å². The molecule has 0 unspecified atom stereocenters. The molecule has 0 aromatic heterocycles. The number of benzene rings is 1. The van der Waals surface area contributed by atoms with Gasteiger partial charge in [-0.2, -0.15) is 0 Å². The van der Waals surface area contributed by atoms with Gasteiger partial charge in [0.15, 0.2) is 5.78 Å². The van der Waals surface area contributed by atoms with Gasteiger partial charge in [0.1, 0.15) is 0 Å². The summed E-state index contributed by atoms with van der Waals surface area (Å²) >= 11 is 5.58. The third-order valence-corrected chi connectivity index (χ3v) is 2.47. The van der Waals surface area contributed by atoms with E-state index in [1.54, 1.807) is 6.92 Å². The number of alkyl halides is 1. The van der Waals surface area contributed by atoms with Crippen molar-refractivity contribution in [2.45, 2.75) is 20.3 Å². The minimum Gasteiger partial charge on any atom is -0.295 e. The molecule has 0 heterocycles.